The molecule has 1 aliphatic carbocycles. The third kappa shape index (κ3) is 2.12. The van der Waals surface area contributed by atoms with Crippen molar-refractivity contribution >= 4 is 28.2 Å². The Bertz CT molecular complexity index is 1140. The van der Waals surface area contributed by atoms with Crippen molar-refractivity contribution in [3.8, 4) is 0 Å². The van der Waals surface area contributed by atoms with Crippen molar-refractivity contribution in [3.63, 3.8) is 0 Å². The molecule has 0 radical (unpaired) electrons. The van der Waals surface area contributed by atoms with Crippen molar-refractivity contribution in [2.45, 2.75) is 32.1 Å². The van der Waals surface area contributed by atoms with Crippen LogP contribution in [0.4, 0.5) is 5.69 Å². The van der Waals surface area contributed by atoms with Gasteiger partial charge in [-0.05, 0) is 25.4 Å². The second-order valence-corrected chi connectivity index (χ2v) is 4.47. The zero-order valence-electron chi connectivity index (χ0n) is 18.7. The van der Waals surface area contributed by atoms with E-state index in [1.54, 1.807) is 0 Å². The summed E-state index contributed by atoms with van der Waals surface area (Å²) in [5.74, 6) is -3.25. The predicted molar refractivity (Wildman–Crippen MR) is 78.1 cm³/mol. The number of hydrogen-bond donors (Lipinski definition) is 1. The normalized spacial score (nSPS) is 31.2. The number of anilines is 1. The van der Waals surface area contributed by atoms with E-state index in [0.29, 0.717) is 0 Å². The summed E-state index contributed by atoms with van der Waals surface area (Å²) in [6.45, 7) is -3.11. The SMILES string of the molecule is [2H]c1cc([2H])c2nc(C([2H])([2H])[2H])n([C@@]3([2H])CC([2H])([2H])C(=O)CC3=O)c(=O)c2c1N. The van der Waals surface area contributed by atoms with Gasteiger partial charge in [-0.25, -0.2) is 4.98 Å². The highest BCUT2D eigenvalue weighted by molar-refractivity contribution is 6.03. The molecule has 1 atom stereocenters. The smallest absolute Gasteiger partial charge is 0.264 e. The van der Waals surface area contributed by atoms with Gasteiger partial charge in [0.15, 0.2) is 5.78 Å². The molecule has 1 aromatic heterocycles. The Morgan fingerprint density at radius 3 is 3.10 bits per heavy atom. The standard InChI is InChI=1S/C15H15N3O3/c1-8-17-11-4-2-3-10(16)14(11)15(21)18(8)12-6-5-9(19)7-13(12)20/h2-4,12H,5-7,16H2,1H3/t12-/m0/s1/i1D3,3D,4D,5D2,12D. The molecule has 2 aromatic rings. The Morgan fingerprint density at radius 1 is 1.52 bits per heavy atom. The third-order valence-corrected chi connectivity index (χ3v) is 3.16. The molecule has 1 fully saturated rings. The van der Waals surface area contributed by atoms with Gasteiger partial charge in [-0.1, -0.05) is 6.07 Å². The topological polar surface area (TPSA) is 95.0 Å². The van der Waals surface area contributed by atoms with Crippen molar-refractivity contribution in [2.24, 2.45) is 0 Å². The van der Waals surface area contributed by atoms with Crippen LogP contribution >= 0.6 is 0 Å². The second-order valence-electron chi connectivity index (χ2n) is 4.47. The monoisotopic (exact) mass is 293 g/mol. The first-order valence-corrected chi connectivity index (χ1v) is 6.01. The molecule has 1 aromatic carbocycles. The van der Waals surface area contributed by atoms with E-state index in [9.17, 15) is 14.4 Å². The molecular weight excluding hydrogens is 270 g/mol. The van der Waals surface area contributed by atoms with Gasteiger partial charge in [-0.3, -0.25) is 19.0 Å². The molecule has 3 rings (SSSR count). The number of carbonyl (C=O) groups excluding carboxylic acids is 2. The Labute approximate surface area is 131 Å². The van der Waals surface area contributed by atoms with Crippen LogP contribution in [-0.4, -0.2) is 21.1 Å². The van der Waals surface area contributed by atoms with Gasteiger partial charge in [0.25, 0.3) is 5.56 Å². The fourth-order valence-electron chi connectivity index (χ4n) is 2.17. The zero-order chi connectivity index (χ0) is 22.1. The summed E-state index contributed by atoms with van der Waals surface area (Å²) in [5.41, 5.74) is 3.65. The van der Waals surface area contributed by atoms with Gasteiger partial charge in [-0.2, -0.15) is 0 Å². The molecule has 2 N–H and O–H groups in total. The highest BCUT2D eigenvalue weighted by atomic mass is 16.2. The molecule has 0 unspecified atom stereocenters. The van der Waals surface area contributed by atoms with Crippen LogP contribution in [0, 0.1) is 6.85 Å². The number of carbonyl (C=O) groups is 2. The lowest BCUT2D eigenvalue weighted by Gasteiger charge is -2.24. The molecule has 1 aliphatic rings. The molecule has 0 aliphatic heterocycles. The molecule has 1 heterocycles. The molecule has 6 nitrogen and oxygen atoms in total. The van der Waals surface area contributed by atoms with Crippen molar-refractivity contribution in [1.82, 2.24) is 9.55 Å². The number of aromatic nitrogens is 2. The summed E-state index contributed by atoms with van der Waals surface area (Å²) >= 11 is 0. The average Bonchev–Trinajstić information content (AvgIpc) is 2.56. The average molecular weight is 293 g/mol. The number of nitrogen functional groups attached to an aromatic ring is 1. The van der Waals surface area contributed by atoms with Gasteiger partial charge in [0.05, 0.1) is 27.5 Å². The molecule has 108 valence electrons. The van der Waals surface area contributed by atoms with E-state index >= 15 is 0 Å². The summed E-state index contributed by atoms with van der Waals surface area (Å²) in [4.78, 5) is 41.4. The van der Waals surface area contributed by atoms with Gasteiger partial charge in [0.1, 0.15) is 11.6 Å². The summed E-state index contributed by atoms with van der Waals surface area (Å²) in [6.07, 6.45) is -4.75. The molecule has 0 bridgehead atoms. The maximum absolute atomic E-state index is 13.2. The van der Waals surface area contributed by atoms with Crippen LogP contribution in [-0.2, 0) is 9.59 Å². The number of hydrogen-bond acceptors (Lipinski definition) is 5. The fourth-order valence-corrected chi connectivity index (χ4v) is 2.17. The van der Waals surface area contributed by atoms with E-state index < -0.39 is 83.7 Å². The summed E-state index contributed by atoms with van der Waals surface area (Å²) < 4.78 is 63.0. The van der Waals surface area contributed by atoms with E-state index in [4.69, 9.17) is 16.7 Å². The van der Waals surface area contributed by atoms with Crippen LogP contribution in [0.5, 0.6) is 0 Å². The van der Waals surface area contributed by atoms with Gasteiger partial charge in [-0.15, -0.1) is 0 Å². The van der Waals surface area contributed by atoms with Gasteiger partial charge < -0.3 is 5.73 Å². The summed E-state index contributed by atoms with van der Waals surface area (Å²) in [6, 6.07) is -2.66. The predicted octanol–water partition coefficient (Wildman–Crippen LogP) is 1.15. The lowest BCUT2D eigenvalue weighted by Crippen LogP contribution is -2.36. The maximum Gasteiger partial charge on any atom is 0.264 e. The van der Waals surface area contributed by atoms with E-state index in [-0.39, 0.29) is 4.57 Å². The van der Waals surface area contributed by atoms with Crippen LogP contribution in [0.25, 0.3) is 10.9 Å². The van der Waals surface area contributed by atoms with E-state index in [0.717, 1.165) is 6.07 Å². The van der Waals surface area contributed by atoms with Crippen LogP contribution in [0.2, 0.25) is 0 Å². The van der Waals surface area contributed by atoms with E-state index in [1.807, 2.05) is 0 Å². The molecule has 0 spiro atoms. The quantitative estimate of drug-likeness (QED) is 0.628. The molecule has 0 saturated heterocycles. The van der Waals surface area contributed by atoms with Crippen molar-refractivity contribution in [1.29, 1.82) is 0 Å². The van der Waals surface area contributed by atoms with Crippen LogP contribution < -0.4 is 11.3 Å². The molecule has 21 heavy (non-hydrogen) atoms. The van der Waals surface area contributed by atoms with Gasteiger partial charge in [0.2, 0.25) is 0 Å². The number of aryl methyl sites for hydroxylation is 1. The fraction of sp³-hybridized carbons (Fsp3) is 0.333. The minimum atomic E-state index is -3.11. The number of ketones is 2. The van der Waals surface area contributed by atoms with Crippen molar-refractivity contribution < 1.29 is 20.6 Å². The summed E-state index contributed by atoms with van der Waals surface area (Å²) in [7, 11) is 0. The Balaban J connectivity index is 2.51. The number of Topliss-reactive ketones (excluding diaryl/α,β-unsaturated/α-hetero) is 2. The van der Waals surface area contributed by atoms with Gasteiger partial charge >= 0.3 is 0 Å². The second kappa shape index (κ2) is 4.80. The Kier molecular flexibility index (Phi) is 1.59. The lowest BCUT2D eigenvalue weighted by atomic mass is 9.92. The van der Waals surface area contributed by atoms with Crippen LogP contribution in [0.3, 0.4) is 0 Å². The first-order chi connectivity index (χ1) is 13.1. The zero-order valence-corrected chi connectivity index (χ0v) is 10.7. The minimum Gasteiger partial charge on any atom is -0.398 e. The first kappa shape index (κ1) is 6.98. The lowest BCUT2D eigenvalue weighted by molar-refractivity contribution is -0.132. The largest absolute Gasteiger partial charge is 0.398 e. The van der Waals surface area contributed by atoms with Crippen molar-refractivity contribution in [2.75, 3.05) is 5.73 Å². The maximum atomic E-state index is 13.2. The molecule has 1 saturated carbocycles. The minimum absolute atomic E-state index is 0.226. The number of rotatable bonds is 1. The number of benzene rings is 1. The number of fused-ring (bicyclic) bond motifs is 1. The highest BCUT2D eigenvalue weighted by Gasteiger charge is 2.30. The van der Waals surface area contributed by atoms with Crippen molar-refractivity contribution in [3.05, 3.63) is 34.3 Å². The third-order valence-electron chi connectivity index (χ3n) is 3.16. The van der Waals surface area contributed by atoms with E-state index in [1.165, 1.54) is 0 Å². The van der Waals surface area contributed by atoms with Crippen LogP contribution in [0.1, 0.15) is 42.0 Å². The first-order valence-electron chi connectivity index (χ1n) is 10.0. The molecule has 6 heteroatoms. The molecule has 0 amide bonds. The highest BCUT2D eigenvalue weighted by Crippen LogP contribution is 2.24. The number of nitrogens with two attached hydrogens (primary N) is 1. The van der Waals surface area contributed by atoms with Gasteiger partial charge in [0, 0.05) is 18.9 Å². The van der Waals surface area contributed by atoms with Crippen LogP contribution in [0.15, 0.2) is 22.9 Å². The number of nitrogens with zero attached hydrogens (tertiary/aromatic N) is 2. The Morgan fingerprint density at radius 2 is 2.33 bits per heavy atom. The Hall–Kier alpha value is -2.50. The van der Waals surface area contributed by atoms with E-state index in [2.05, 4.69) is 4.98 Å². The summed E-state index contributed by atoms with van der Waals surface area (Å²) in [5, 5.41) is -0.521. The molecular formula is C15H15N3O3.